The van der Waals surface area contributed by atoms with Gasteiger partial charge in [0.1, 0.15) is 5.56 Å². The van der Waals surface area contributed by atoms with Crippen LogP contribution in [0.4, 0.5) is 0 Å². The van der Waals surface area contributed by atoms with Gasteiger partial charge in [-0.1, -0.05) is 41.9 Å². The number of benzene rings is 1. The second-order valence-corrected chi connectivity index (χ2v) is 2.95. The monoisotopic (exact) mass is 170 g/mol. The summed E-state index contributed by atoms with van der Waals surface area (Å²) >= 11 is 5.61. The summed E-state index contributed by atoms with van der Waals surface area (Å²) in [5, 5.41) is 0. The van der Waals surface area contributed by atoms with E-state index in [1.165, 1.54) is 0 Å². The number of ether oxygens (including phenoxy) is 1. The molecule has 1 nitrogen and oxygen atoms in total. The SMILES string of the molecule is CC(Cl)OCc1ccccc1. The number of rotatable bonds is 3. The number of hydrogen-bond acceptors (Lipinski definition) is 1. The van der Waals surface area contributed by atoms with Gasteiger partial charge < -0.3 is 4.74 Å². The van der Waals surface area contributed by atoms with Gasteiger partial charge in [0.25, 0.3) is 0 Å². The summed E-state index contributed by atoms with van der Waals surface area (Å²) in [5.41, 5.74) is 0.940. The molecule has 11 heavy (non-hydrogen) atoms. The lowest BCUT2D eigenvalue weighted by Crippen LogP contribution is -1.98. The van der Waals surface area contributed by atoms with Crippen LogP contribution in [0.15, 0.2) is 30.3 Å². The van der Waals surface area contributed by atoms with Crippen molar-refractivity contribution in [3.8, 4) is 0 Å². The van der Waals surface area contributed by atoms with Crippen LogP contribution in [0.2, 0.25) is 0 Å². The van der Waals surface area contributed by atoms with E-state index in [0.717, 1.165) is 5.56 Å². The molecule has 0 aliphatic carbocycles. The first kappa shape index (κ1) is 8.57. The molecular weight excluding hydrogens is 160 g/mol. The molecule has 60 valence electrons. The summed E-state index contributed by atoms with van der Waals surface area (Å²) in [7, 11) is 0. The maximum absolute atomic E-state index is 5.61. The van der Waals surface area contributed by atoms with Gasteiger partial charge in [0.05, 0.1) is 6.61 Å². The maximum Gasteiger partial charge on any atom is 0.128 e. The van der Waals surface area contributed by atoms with Crippen molar-refractivity contribution in [1.29, 1.82) is 0 Å². The Morgan fingerprint density at radius 2 is 2.00 bits per heavy atom. The molecular formula is C9H11ClO. The highest BCUT2D eigenvalue weighted by Gasteiger charge is 1.95. The van der Waals surface area contributed by atoms with Crippen LogP contribution in [-0.2, 0) is 11.3 Å². The zero-order chi connectivity index (χ0) is 8.10. The van der Waals surface area contributed by atoms with E-state index < -0.39 is 0 Å². The fourth-order valence-electron chi connectivity index (χ4n) is 0.785. The van der Waals surface area contributed by atoms with Gasteiger partial charge in [-0.2, -0.15) is 0 Å². The smallest absolute Gasteiger partial charge is 0.128 e. The molecule has 0 amide bonds. The van der Waals surface area contributed by atoms with Crippen molar-refractivity contribution in [2.24, 2.45) is 0 Å². The molecule has 1 aromatic carbocycles. The highest BCUT2D eigenvalue weighted by molar-refractivity contribution is 6.19. The largest absolute Gasteiger partial charge is 0.358 e. The summed E-state index contributed by atoms with van der Waals surface area (Å²) in [6, 6.07) is 9.97. The molecule has 0 spiro atoms. The van der Waals surface area contributed by atoms with E-state index in [4.69, 9.17) is 16.3 Å². The van der Waals surface area contributed by atoms with Crippen molar-refractivity contribution in [3.63, 3.8) is 0 Å². The molecule has 0 N–H and O–H groups in total. The Morgan fingerprint density at radius 1 is 1.36 bits per heavy atom. The number of halogens is 1. The molecule has 0 aliphatic heterocycles. The van der Waals surface area contributed by atoms with E-state index in [9.17, 15) is 0 Å². The van der Waals surface area contributed by atoms with Crippen molar-refractivity contribution >= 4 is 11.6 Å². The molecule has 0 heterocycles. The highest BCUT2D eigenvalue weighted by Crippen LogP contribution is 2.04. The Balaban J connectivity index is 2.39. The maximum atomic E-state index is 5.61. The molecule has 2 heteroatoms. The number of alkyl halides is 1. The Morgan fingerprint density at radius 3 is 2.55 bits per heavy atom. The fraction of sp³-hybridized carbons (Fsp3) is 0.333. The minimum atomic E-state index is -0.213. The second-order valence-electron chi connectivity index (χ2n) is 2.34. The molecule has 0 aromatic heterocycles. The van der Waals surface area contributed by atoms with Crippen LogP contribution in [0, 0.1) is 0 Å². The van der Waals surface area contributed by atoms with Crippen LogP contribution in [0.25, 0.3) is 0 Å². The summed E-state index contributed by atoms with van der Waals surface area (Å²) in [6.07, 6.45) is 0. The van der Waals surface area contributed by atoms with Gasteiger partial charge in [-0.25, -0.2) is 0 Å². The molecule has 1 unspecified atom stereocenters. The molecule has 1 aromatic rings. The molecule has 0 radical (unpaired) electrons. The normalized spacial score (nSPS) is 12.9. The fourth-order valence-corrected chi connectivity index (χ4v) is 0.848. The zero-order valence-electron chi connectivity index (χ0n) is 6.46. The van der Waals surface area contributed by atoms with Crippen LogP contribution in [-0.4, -0.2) is 5.56 Å². The minimum Gasteiger partial charge on any atom is -0.358 e. The molecule has 0 saturated carbocycles. The molecule has 1 rings (SSSR count). The van der Waals surface area contributed by atoms with Gasteiger partial charge in [0.15, 0.2) is 0 Å². The second kappa shape index (κ2) is 4.37. The van der Waals surface area contributed by atoms with E-state index >= 15 is 0 Å². The average molecular weight is 171 g/mol. The van der Waals surface area contributed by atoms with Gasteiger partial charge >= 0.3 is 0 Å². The van der Waals surface area contributed by atoms with Gasteiger partial charge in [-0.15, -0.1) is 0 Å². The quantitative estimate of drug-likeness (QED) is 0.634. The summed E-state index contributed by atoms with van der Waals surface area (Å²) < 4.78 is 5.19. The van der Waals surface area contributed by atoms with Crippen LogP contribution in [0.1, 0.15) is 12.5 Å². The van der Waals surface area contributed by atoms with Crippen LogP contribution >= 0.6 is 11.6 Å². The lowest BCUT2D eigenvalue weighted by atomic mass is 10.2. The molecule has 1 atom stereocenters. The topological polar surface area (TPSA) is 9.23 Å². The summed E-state index contributed by atoms with van der Waals surface area (Å²) in [6.45, 7) is 2.40. The van der Waals surface area contributed by atoms with Crippen LogP contribution < -0.4 is 0 Å². The predicted molar refractivity (Wildman–Crippen MR) is 46.5 cm³/mol. The first-order chi connectivity index (χ1) is 5.29. The first-order valence-corrected chi connectivity index (χ1v) is 4.02. The molecule has 0 aliphatic rings. The van der Waals surface area contributed by atoms with Gasteiger partial charge in [-0.3, -0.25) is 0 Å². The van der Waals surface area contributed by atoms with Crippen molar-refractivity contribution < 1.29 is 4.74 Å². The van der Waals surface area contributed by atoms with E-state index in [2.05, 4.69) is 0 Å². The highest BCUT2D eigenvalue weighted by atomic mass is 35.5. The van der Waals surface area contributed by atoms with Crippen LogP contribution in [0.3, 0.4) is 0 Å². The average Bonchev–Trinajstić information content (AvgIpc) is 2.03. The first-order valence-electron chi connectivity index (χ1n) is 3.58. The Hall–Kier alpha value is -0.530. The van der Waals surface area contributed by atoms with E-state index in [0.29, 0.717) is 6.61 Å². The van der Waals surface area contributed by atoms with Crippen molar-refractivity contribution in [2.75, 3.05) is 0 Å². The van der Waals surface area contributed by atoms with E-state index in [1.807, 2.05) is 37.3 Å². The van der Waals surface area contributed by atoms with Gasteiger partial charge in [-0.05, 0) is 12.5 Å². The lowest BCUT2D eigenvalue weighted by molar-refractivity contribution is 0.105. The Labute approximate surface area is 71.9 Å². The summed E-state index contributed by atoms with van der Waals surface area (Å²) in [5.74, 6) is 0. The molecule has 0 bridgehead atoms. The standard InChI is InChI=1S/C9H11ClO/c1-8(10)11-7-9-5-3-2-4-6-9/h2-6,8H,7H2,1H3. The predicted octanol–water partition coefficient (Wildman–Crippen LogP) is 2.79. The third-order valence-electron chi connectivity index (χ3n) is 1.32. The van der Waals surface area contributed by atoms with E-state index in [1.54, 1.807) is 0 Å². The summed E-state index contributed by atoms with van der Waals surface area (Å²) in [4.78, 5) is 0. The van der Waals surface area contributed by atoms with Crippen LogP contribution in [0.5, 0.6) is 0 Å². The van der Waals surface area contributed by atoms with Crippen molar-refractivity contribution in [2.45, 2.75) is 19.1 Å². The third-order valence-corrected chi connectivity index (χ3v) is 1.45. The Kier molecular flexibility index (Phi) is 3.40. The van der Waals surface area contributed by atoms with Gasteiger partial charge in [0, 0.05) is 0 Å². The third kappa shape index (κ3) is 3.40. The van der Waals surface area contributed by atoms with Gasteiger partial charge in [0.2, 0.25) is 0 Å². The molecule has 0 fully saturated rings. The van der Waals surface area contributed by atoms with Crippen molar-refractivity contribution in [1.82, 2.24) is 0 Å². The number of hydrogen-bond donors (Lipinski definition) is 0. The molecule has 0 saturated heterocycles. The lowest BCUT2D eigenvalue weighted by Gasteiger charge is -2.04. The van der Waals surface area contributed by atoms with E-state index in [-0.39, 0.29) is 5.56 Å². The zero-order valence-corrected chi connectivity index (χ0v) is 7.21. The Bertz CT molecular complexity index is 196. The minimum absolute atomic E-state index is 0.213. The van der Waals surface area contributed by atoms with Crippen molar-refractivity contribution in [3.05, 3.63) is 35.9 Å².